The molecule has 6 heteroatoms. The quantitative estimate of drug-likeness (QED) is 0.235. The van der Waals surface area contributed by atoms with Crippen molar-refractivity contribution in [2.75, 3.05) is 0 Å². The van der Waals surface area contributed by atoms with E-state index in [2.05, 4.69) is 47.0 Å². The monoisotopic (exact) mass is 520 g/mol. The molecule has 1 N–H and O–H groups in total. The predicted molar refractivity (Wildman–Crippen MR) is 146 cm³/mol. The molecule has 1 heterocycles. The zero-order valence-electron chi connectivity index (χ0n) is 18.7. The van der Waals surface area contributed by atoms with E-state index in [-0.39, 0.29) is 24.1 Å². The molecule has 1 aliphatic rings. The van der Waals surface area contributed by atoms with Gasteiger partial charge in [-0.1, -0.05) is 59.6 Å². The lowest BCUT2D eigenvalue weighted by Crippen LogP contribution is -2.04. The molecule has 0 saturated heterocycles. The normalized spacial score (nSPS) is 13.2. The average molecular weight is 522 g/mol. The standard InChI is InChI=1S/C29H22Cl2N2O.ClH/c30-22-11-6-18(7-12-22)28(19-8-13-23(31)14-9-19)21-10-15-26-27(16-21)33(29(32-26)20-4-5-20)24-2-1-3-25(34)17-24;/h1-3,6-17,20,28,34H,4-5H2;1H. The molecule has 4 aromatic carbocycles. The summed E-state index contributed by atoms with van der Waals surface area (Å²) in [5.74, 6) is 1.78. The SMILES string of the molecule is Cl.Oc1cccc(-n2c(C3CC3)nc3ccc(C(c4ccc(Cl)cc4)c4ccc(Cl)cc4)cc32)c1. The summed E-state index contributed by atoms with van der Waals surface area (Å²) in [6, 6.07) is 29.9. The van der Waals surface area contributed by atoms with Crippen LogP contribution in [0.3, 0.4) is 0 Å². The molecule has 1 aromatic heterocycles. The van der Waals surface area contributed by atoms with Gasteiger partial charge in [0.15, 0.2) is 0 Å². The Morgan fingerprint density at radius 2 is 1.37 bits per heavy atom. The van der Waals surface area contributed by atoms with Crippen molar-refractivity contribution < 1.29 is 5.11 Å². The average Bonchev–Trinajstić information content (AvgIpc) is 3.62. The molecule has 176 valence electrons. The van der Waals surface area contributed by atoms with Crippen molar-refractivity contribution in [3.05, 3.63) is 124 Å². The number of hydrogen-bond donors (Lipinski definition) is 1. The number of halogens is 3. The topological polar surface area (TPSA) is 38.0 Å². The van der Waals surface area contributed by atoms with Gasteiger partial charge in [-0.3, -0.25) is 4.57 Å². The molecule has 0 spiro atoms. The molecule has 0 radical (unpaired) electrons. The first-order valence-corrected chi connectivity index (χ1v) is 12.1. The fraction of sp³-hybridized carbons (Fsp3) is 0.138. The summed E-state index contributed by atoms with van der Waals surface area (Å²) in [6.07, 6.45) is 2.29. The lowest BCUT2D eigenvalue weighted by Gasteiger charge is -2.20. The minimum Gasteiger partial charge on any atom is -0.508 e. The Balaban J connectivity index is 0.00000253. The van der Waals surface area contributed by atoms with Gasteiger partial charge in [-0.25, -0.2) is 4.98 Å². The highest BCUT2D eigenvalue weighted by molar-refractivity contribution is 6.30. The maximum atomic E-state index is 10.2. The Morgan fingerprint density at radius 3 is 1.94 bits per heavy atom. The van der Waals surface area contributed by atoms with Crippen LogP contribution in [0.25, 0.3) is 16.7 Å². The summed E-state index contributed by atoms with van der Waals surface area (Å²) in [5, 5.41) is 11.6. The van der Waals surface area contributed by atoms with Crippen molar-refractivity contribution in [1.82, 2.24) is 9.55 Å². The third-order valence-electron chi connectivity index (χ3n) is 6.47. The first-order valence-electron chi connectivity index (χ1n) is 11.4. The second-order valence-corrected chi connectivity index (χ2v) is 9.76. The van der Waals surface area contributed by atoms with Crippen LogP contribution in [0.15, 0.2) is 91.0 Å². The minimum absolute atomic E-state index is 0. The molecular weight excluding hydrogens is 499 g/mol. The zero-order valence-corrected chi connectivity index (χ0v) is 21.1. The lowest BCUT2D eigenvalue weighted by atomic mass is 9.85. The molecule has 1 aliphatic carbocycles. The Morgan fingerprint density at radius 1 is 0.771 bits per heavy atom. The maximum absolute atomic E-state index is 10.2. The summed E-state index contributed by atoms with van der Waals surface area (Å²) in [5.41, 5.74) is 6.38. The van der Waals surface area contributed by atoms with Gasteiger partial charge in [-0.2, -0.15) is 0 Å². The van der Waals surface area contributed by atoms with Gasteiger partial charge < -0.3 is 5.11 Å². The van der Waals surface area contributed by atoms with Crippen LogP contribution < -0.4 is 0 Å². The maximum Gasteiger partial charge on any atom is 0.117 e. The molecule has 0 atom stereocenters. The summed E-state index contributed by atoms with van der Waals surface area (Å²) >= 11 is 12.4. The molecule has 6 rings (SSSR count). The Bertz CT molecular complexity index is 1440. The lowest BCUT2D eigenvalue weighted by molar-refractivity contribution is 0.475. The van der Waals surface area contributed by atoms with E-state index in [9.17, 15) is 5.11 Å². The van der Waals surface area contributed by atoms with E-state index in [0.717, 1.165) is 52.1 Å². The number of fused-ring (bicyclic) bond motifs is 1. The minimum atomic E-state index is 0. The molecule has 0 amide bonds. The van der Waals surface area contributed by atoms with Crippen LogP contribution in [-0.2, 0) is 0 Å². The number of benzene rings is 4. The second-order valence-electron chi connectivity index (χ2n) is 8.88. The van der Waals surface area contributed by atoms with Gasteiger partial charge in [0.05, 0.1) is 16.7 Å². The fourth-order valence-corrected chi connectivity index (χ4v) is 4.95. The van der Waals surface area contributed by atoms with Crippen molar-refractivity contribution in [2.24, 2.45) is 0 Å². The van der Waals surface area contributed by atoms with Crippen molar-refractivity contribution >= 4 is 46.6 Å². The number of aromatic hydroxyl groups is 1. The van der Waals surface area contributed by atoms with Crippen molar-refractivity contribution in [1.29, 1.82) is 0 Å². The van der Waals surface area contributed by atoms with Gasteiger partial charge >= 0.3 is 0 Å². The molecule has 1 fully saturated rings. The Kier molecular flexibility index (Phi) is 6.50. The van der Waals surface area contributed by atoms with E-state index >= 15 is 0 Å². The fourth-order valence-electron chi connectivity index (χ4n) is 4.70. The number of nitrogens with zero attached hydrogens (tertiary/aromatic N) is 2. The second kappa shape index (κ2) is 9.58. The van der Waals surface area contributed by atoms with Crippen LogP contribution in [-0.4, -0.2) is 14.7 Å². The van der Waals surface area contributed by atoms with Crippen LogP contribution in [0.5, 0.6) is 5.75 Å². The highest BCUT2D eigenvalue weighted by Crippen LogP contribution is 2.43. The molecule has 0 bridgehead atoms. The van der Waals surface area contributed by atoms with E-state index in [1.54, 1.807) is 12.1 Å². The van der Waals surface area contributed by atoms with E-state index in [1.807, 2.05) is 36.4 Å². The summed E-state index contributed by atoms with van der Waals surface area (Å²) in [4.78, 5) is 5.00. The van der Waals surface area contributed by atoms with Gasteiger partial charge in [0, 0.05) is 27.9 Å². The van der Waals surface area contributed by atoms with Crippen LogP contribution >= 0.6 is 35.6 Å². The molecule has 1 saturated carbocycles. The largest absolute Gasteiger partial charge is 0.508 e. The Labute approximate surface area is 220 Å². The van der Waals surface area contributed by atoms with Crippen LogP contribution in [0, 0.1) is 0 Å². The van der Waals surface area contributed by atoms with Gasteiger partial charge in [0.25, 0.3) is 0 Å². The number of phenols is 1. The molecule has 0 aliphatic heterocycles. The van der Waals surface area contributed by atoms with Gasteiger partial charge in [0.1, 0.15) is 11.6 Å². The van der Waals surface area contributed by atoms with E-state index < -0.39 is 0 Å². The van der Waals surface area contributed by atoms with Crippen LogP contribution in [0.2, 0.25) is 10.0 Å². The molecule has 3 nitrogen and oxygen atoms in total. The van der Waals surface area contributed by atoms with Gasteiger partial charge in [0.2, 0.25) is 0 Å². The summed E-state index contributed by atoms with van der Waals surface area (Å²) in [6.45, 7) is 0. The Hall–Kier alpha value is -2.98. The molecule has 35 heavy (non-hydrogen) atoms. The van der Waals surface area contributed by atoms with Crippen LogP contribution in [0.4, 0.5) is 0 Å². The number of imidazole rings is 1. The first kappa shape index (κ1) is 23.7. The predicted octanol–water partition coefficient (Wildman–Crippen LogP) is 8.52. The van der Waals surface area contributed by atoms with Gasteiger partial charge in [-0.15, -0.1) is 12.4 Å². The number of rotatable bonds is 5. The smallest absolute Gasteiger partial charge is 0.117 e. The van der Waals surface area contributed by atoms with Crippen molar-refractivity contribution in [3.8, 4) is 11.4 Å². The van der Waals surface area contributed by atoms with Crippen molar-refractivity contribution in [2.45, 2.75) is 24.7 Å². The zero-order chi connectivity index (χ0) is 23.2. The third-order valence-corrected chi connectivity index (χ3v) is 6.98. The highest BCUT2D eigenvalue weighted by atomic mass is 35.5. The summed E-state index contributed by atoms with van der Waals surface area (Å²) in [7, 11) is 0. The molecule has 0 unspecified atom stereocenters. The first-order chi connectivity index (χ1) is 16.6. The van der Waals surface area contributed by atoms with E-state index in [4.69, 9.17) is 28.2 Å². The van der Waals surface area contributed by atoms with E-state index in [0.29, 0.717) is 16.0 Å². The van der Waals surface area contributed by atoms with Gasteiger partial charge in [-0.05, 0) is 78.1 Å². The molecular formula is C29H23Cl3N2O. The summed E-state index contributed by atoms with van der Waals surface area (Å²) < 4.78 is 2.21. The van der Waals surface area contributed by atoms with Crippen LogP contribution in [0.1, 0.15) is 47.2 Å². The third kappa shape index (κ3) is 4.64. The van der Waals surface area contributed by atoms with Crippen molar-refractivity contribution in [3.63, 3.8) is 0 Å². The van der Waals surface area contributed by atoms with E-state index in [1.165, 1.54) is 0 Å². The number of hydrogen-bond acceptors (Lipinski definition) is 2. The highest BCUT2D eigenvalue weighted by Gasteiger charge is 2.30. The molecule has 5 aromatic rings. The number of phenolic OH excluding ortho intramolecular Hbond substituents is 1. The number of aromatic nitrogens is 2.